The number of amides is 2. The molecule has 170 valence electrons. The van der Waals surface area contributed by atoms with Crippen LogP contribution in [0.3, 0.4) is 0 Å². The lowest BCUT2D eigenvalue weighted by molar-refractivity contribution is -0.147. The summed E-state index contributed by atoms with van der Waals surface area (Å²) in [6.45, 7) is 0.0243. The highest BCUT2D eigenvalue weighted by Crippen LogP contribution is 2.48. The molecule has 11 heteroatoms. The van der Waals surface area contributed by atoms with E-state index in [1.807, 2.05) is 0 Å². The van der Waals surface area contributed by atoms with Crippen LogP contribution in [0.5, 0.6) is 0 Å². The van der Waals surface area contributed by atoms with E-state index in [1.165, 1.54) is 40.2 Å². The first-order chi connectivity index (χ1) is 15.9. The van der Waals surface area contributed by atoms with Gasteiger partial charge in [0.1, 0.15) is 18.2 Å². The molecule has 2 heterocycles. The molecular formula is C22H20ClFN6O3. The topological polar surface area (TPSA) is 113 Å². The summed E-state index contributed by atoms with van der Waals surface area (Å²) < 4.78 is 15.2. The quantitative estimate of drug-likeness (QED) is 0.568. The van der Waals surface area contributed by atoms with Gasteiger partial charge in [-0.25, -0.2) is 9.07 Å². The summed E-state index contributed by atoms with van der Waals surface area (Å²) in [5.41, 5.74) is 1.39. The molecule has 2 aromatic carbocycles. The maximum atomic E-state index is 13.9. The van der Waals surface area contributed by atoms with Gasteiger partial charge in [-0.3, -0.25) is 9.59 Å². The molecule has 2 amide bonds. The van der Waals surface area contributed by atoms with Crippen molar-refractivity contribution in [2.24, 2.45) is 5.92 Å². The number of piperidine rings is 1. The van der Waals surface area contributed by atoms with Gasteiger partial charge in [0.2, 0.25) is 5.91 Å². The first-order valence-electron chi connectivity index (χ1n) is 10.5. The summed E-state index contributed by atoms with van der Waals surface area (Å²) in [4.78, 5) is 27.6. The summed E-state index contributed by atoms with van der Waals surface area (Å²) in [6.07, 6.45) is 1.30. The van der Waals surface area contributed by atoms with E-state index in [9.17, 15) is 19.1 Å². The zero-order valence-corrected chi connectivity index (χ0v) is 18.1. The van der Waals surface area contributed by atoms with Gasteiger partial charge in [-0.2, -0.15) is 0 Å². The molecule has 5 rings (SSSR count). The van der Waals surface area contributed by atoms with Gasteiger partial charge in [-0.15, -0.1) is 5.10 Å². The second-order valence-electron chi connectivity index (χ2n) is 8.26. The van der Waals surface area contributed by atoms with Crippen LogP contribution in [0.25, 0.3) is 5.69 Å². The van der Waals surface area contributed by atoms with Crippen LogP contribution >= 0.6 is 11.6 Å². The maximum Gasteiger partial charge on any atom is 0.256 e. The first kappa shape index (κ1) is 21.5. The monoisotopic (exact) mass is 470 g/mol. The van der Waals surface area contributed by atoms with Crippen molar-refractivity contribution in [2.45, 2.75) is 37.6 Å². The van der Waals surface area contributed by atoms with Gasteiger partial charge in [0, 0.05) is 17.6 Å². The van der Waals surface area contributed by atoms with Crippen molar-refractivity contribution in [3.05, 3.63) is 70.8 Å². The Balaban J connectivity index is 1.31. The van der Waals surface area contributed by atoms with Gasteiger partial charge in [-0.1, -0.05) is 23.7 Å². The molecule has 0 unspecified atom stereocenters. The van der Waals surface area contributed by atoms with Crippen LogP contribution in [0.4, 0.5) is 4.39 Å². The molecule has 1 aromatic heterocycles. The summed E-state index contributed by atoms with van der Waals surface area (Å²) in [5.74, 6) is -1.11. The molecule has 2 fully saturated rings. The Labute approximate surface area is 193 Å². The fourth-order valence-electron chi connectivity index (χ4n) is 4.46. The smallest absolute Gasteiger partial charge is 0.256 e. The van der Waals surface area contributed by atoms with E-state index in [2.05, 4.69) is 20.8 Å². The lowest BCUT2D eigenvalue weighted by atomic mass is 10.1. The third kappa shape index (κ3) is 4.19. The lowest BCUT2D eigenvalue weighted by Crippen LogP contribution is -2.49. The molecule has 0 radical (unpaired) electrons. The van der Waals surface area contributed by atoms with Crippen LogP contribution in [0, 0.1) is 11.7 Å². The molecule has 1 aliphatic heterocycles. The highest BCUT2D eigenvalue weighted by molar-refractivity contribution is 6.30. The Kier molecular flexibility index (Phi) is 5.55. The third-order valence-electron chi connectivity index (χ3n) is 6.15. The van der Waals surface area contributed by atoms with Crippen molar-refractivity contribution >= 4 is 23.4 Å². The van der Waals surface area contributed by atoms with E-state index in [0.29, 0.717) is 28.3 Å². The molecule has 33 heavy (non-hydrogen) atoms. The van der Waals surface area contributed by atoms with E-state index in [4.69, 9.17) is 11.6 Å². The number of aromatic nitrogens is 4. The number of halogens is 2. The zero-order chi connectivity index (χ0) is 23.1. The Bertz CT molecular complexity index is 1210. The molecule has 0 spiro atoms. The van der Waals surface area contributed by atoms with E-state index in [0.717, 1.165) is 6.42 Å². The molecule has 2 aliphatic rings. The Hall–Kier alpha value is -3.37. The molecule has 3 aromatic rings. The summed E-state index contributed by atoms with van der Waals surface area (Å²) in [5, 5.41) is 24.8. The molecule has 0 bridgehead atoms. The average molecular weight is 471 g/mol. The van der Waals surface area contributed by atoms with Gasteiger partial charge in [0.25, 0.3) is 5.91 Å². The van der Waals surface area contributed by atoms with Gasteiger partial charge in [0.15, 0.2) is 6.10 Å². The largest absolute Gasteiger partial charge is 0.378 e. The molecule has 1 saturated carbocycles. The second kappa shape index (κ2) is 8.53. The number of carbonyl (C=O) groups is 2. The van der Waals surface area contributed by atoms with E-state index in [1.54, 1.807) is 18.2 Å². The normalized spacial score (nSPS) is 22.0. The lowest BCUT2D eigenvalue weighted by Gasteiger charge is -2.29. The van der Waals surface area contributed by atoms with Crippen LogP contribution in [-0.4, -0.2) is 54.1 Å². The minimum absolute atomic E-state index is 0.0243. The standard InChI is InChI=1S/C22H20ClFN6O3/c23-15-3-1-2-12(6-15)20(31)22(33)30-18-8-13(18)9-19(30)21(32)25-10-14-7-16(24)4-5-17(14)29-11-26-27-28-29/h1-7,11,13,18-20,31H,8-10H2,(H,25,32)/t13-,18-,19-,20+/m0/s1. The van der Waals surface area contributed by atoms with Gasteiger partial charge >= 0.3 is 0 Å². The molecule has 9 nitrogen and oxygen atoms in total. The average Bonchev–Trinajstić information content (AvgIpc) is 3.20. The number of nitrogens with zero attached hydrogens (tertiary/aromatic N) is 5. The van der Waals surface area contributed by atoms with Gasteiger partial charge in [0.05, 0.1) is 5.69 Å². The number of nitrogens with one attached hydrogen (secondary N) is 1. The Morgan fingerprint density at radius 1 is 1.24 bits per heavy atom. The number of likely N-dealkylation sites (tertiary alicyclic amines) is 1. The first-order valence-corrected chi connectivity index (χ1v) is 10.9. The van der Waals surface area contributed by atoms with Gasteiger partial charge in [-0.05, 0) is 70.6 Å². The van der Waals surface area contributed by atoms with Crippen LogP contribution in [-0.2, 0) is 16.1 Å². The molecule has 1 aliphatic carbocycles. The highest BCUT2D eigenvalue weighted by atomic mass is 35.5. The number of hydrogen-bond acceptors (Lipinski definition) is 6. The number of carbonyl (C=O) groups excluding carboxylic acids is 2. The third-order valence-corrected chi connectivity index (χ3v) is 6.39. The second-order valence-corrected chi connectivity index (χ2v) is 8.70. The van der Waals surface area contributed by atoms with Crippen molar-refractivity contribution in [1.82, 2.24) is 30.4 Å². The molecule has 4 atom stereocenters. The summed E-state index contributed by atoms with van der Waals surface area (Å²) in [7, 11) is 0. The van der Waals surface area contributed by atoms with Crippen LogP contribution in [0.1, 0.15) is 30.1 Å². The van der Waals surface area contributed by atoms with E-state index >= 15 is 0 Å². The zero-order valence-electron chi connectivity index (χ0n) is 17.3. The fourth-order valence-corrected chi connectivity index (χ4v) is 4.66. The molecule has 1 saturated heterocycles. The summed E-state index contributed by atoms with van der Waals surface area (Å²) in [6, 6.07) is 9.80. The molecular weight excluding hydrogens is 451 g/mol. The number of hydrogen-bond donors (Lipinski definition) is 2. The number of fused-ring (bicyclic) bond motifs is 1. The summed E-state index contributed by atoms with van der Waals surface area (Å²) >= 11 is 5.99. The van der Waals surface area contributed by atoms with Crippen molar-refractivity contribution in [3.8, 4) is 5.69 Å². The minimum atomic E-state index is -1.41. The predicted molar refractivity (Wildman–Crippen MR) is 115 cm³/mol. The highest BCUT2D eigenvalue weighted by Gasteiger charge is 2.56. The van der Waals surface area contributed by atoms with Gasteiger partial charge < -0.3 is 15.3 Å². The van der Waals surface area contributed by atoms with Crippen LogP contribution in [0.15, 0.2) is 48.8 Å². The maximum absolute atomic E-state index is 13.9. The van der Waals surface area contributed by atoms with Crippen molar-refractivity contribution in [2.75, 3.05) is 0 Å². The molecule has 2 N–H and O–H groups in total. The van der Waals surface area contributed by atoms with Crippen LogP contribution < -0.4 is 5.32 Å². The SMILES string of the molecule is O=C(NCc1cc(F)ccc1-n1cnnn1)[C@@H]1C[C@@H]2C[C@@H]2N1C(=O)[C@H](O)c1cccc(Cl)c1. The number of aliphatic hydroxyl groups is 1. The predicted octanol–water partition coefficient (Wildman–Crippen LogP) is 1.79. The van der Waals surface area contributed by atoms with Crippen LogP contribution in [0.2, 0.25) is 5.02 Å². The number of benzene rings is 2. The van der Waals surface area contributed by atoms with E-state index in [-0.39, 0.29) is 24.4 Å². The number of rotatable bonds is 6. The minimum Gasteiger partial charge on any atom is -0.378 e. The number of aliphatic hydroxyl groups excluding tert-OH is 1. The number of tetrazole rings is 1. The Morgan fingerprint density at radius 2 is 2.09 bits per heavy atom. The Morgan fingerprint density at radius 3 is 2.85 bits per heavy atom. The van der Waals surface area contributed by atoms with Crippen molar-refractivity contribution in [3.63, 3.8) is 0 Å². The van der Waals surface area contributed by atoms with E-state index < -0.39 is 23.9 Å². The fraction of sp³-hybridized carbons (Fsp3) is 0.318. The van der Waals surface area contributed by atoms with Crippen molar-refractivity contribution in [1.29, 1.82) is 0 Å². The van der Waals surface area contributed by atoms with Crippen molar-refractivity contribution < 1.29 is 19.1 Å².